The van der Waals surface area contributed by atoms with Crippen LogP contribution < -0.4 is 5.32 Å². The lowest BCUT2D eigenvalue weighted by atomic mass is 10.2. The molecule has 0 radical (unpaired) electrons. The zero-order valence-corrected chi connectivity index (χ0v) is 11.3. The molecule has 3 nitrogen and oxygen atoms in total. The first-order valence-electron chi connectivity index (χ1n) is 4.95. The molecule has 0 spiro atoms. The van der Waals surface area contributed by atoms with Gasteiger partial charge in [-0.2, -0.15) is 0 Å². The average Bonchev–Trinajstić information content (AvgIpc) is 2.36. The average molecular weight is 330 g/mol. The highest BCUT2D eigenvalue weighted by Crippen LogP contribution is 2.22. The number of amides is 1. The molecule has 0 aliphatic heterocycles. The van der Waals surface area contributed by atoms with E-state index in [1.165, 1.54) is 18.3 Å². The van der Waals surface area contributed by atoms with Gasteiger partial charge in [-0.05, 0) is 40.2 Å². The summed E-state index contributed by atoms with van der Waals surface area (Å²) in [6, 6.07) is 7.61. The third-order valence-corrected chi connectivity index (χ3v) is 2.95. The minimum absolute atomic E-state index is 0.0374. The van der Waals surface area contributed by atoms with Crippen LogP contribution in [0.5, 0.6) is 0 Å². The van der Waals surface area contributed by atoms with E-state index in [4.69, 9.17) is 11.6 Å². The largest absolute Gasteiger partial charge is 0.319 e. The summed E-state index contributed by atoms with van der Waals surface area (Å²) < 4.78 is 14.2. The minimum atomic E-state index is -0.655. The molecule has 0 saturated heterocycles. The van der Waals surface area contributed by atoms with Crippen LogP contribution in [0.25, 0.3) is 0 Å². The topological polar surface area (TPSA) is 42.0 Å². The smallest absolute Gasteiger partial charge is 0.257 e. The second-order valence-electron chi connectivity index (χ2n) is 3.43. The van der Waals surface area contributed by atoms with E-state index >= 15 is 0 Å². The third kappa shape index (κ3) is 2.86. The van der Waals surface area contributed by atoms with E-state index in [-0.39, 0.29) is 10.7 Å². The monoisotopic (exact) mass is 328 g/mol. The standard InChI is InChI=1S/C12H7BrClFN2O/c13-10-5-4-7(6-16-10)12(18)17-9-3-1-2-8(14)11(9)15/h1-6H,(H,17,18). The van der Waals surface area contributed by atoms with Gasteiger partial charge in [-0.3, -0.25) is 4.79 Å². The van der Waals surface area contributed by atoms with Gasteiger partial charge in [0, 0.05) is 6.20 Å². The minimum Gasteiger partial charge on any atom is -0.319 e. The molecule has 2 rings (SSSR count). The van der Waals surface area contributed by atoms with E-state index in [2.05, 4.69) is 26.2 Å². The Labute approximate surface area is 116 Å². The molecule has 0 fully saturated rings. The predicted octanol–water partition coefficient (Wildman–Crippen LogP) is 3.89. The van der Waals surface area contributed by atoms with Crippen LogP contribution >= 0.6 is 27.5 Å². The van der Waals surface area contributed by atoms with Crippen molar-refractivity contribution in [3.63, 3.8) is 0 Å². The van der Waals surface area contributed by atoms with Crippen LogP contribution in [0, 0.1) is 5.82 Å². The van der Waals surface area contributed by atoms with Crippen molar-refractivity contribution in [2.24, 2.45) is 0 Å². The maximum absolute atomic E-state index is 13.6. The summed E-state index contributed by atoms with van der Waals surface area (Å²) in [5, 5.41) is 2.39. The Morgan fingerprint density at radius 3 is 2.78 bits per heavy atom. The van der Waals surface area contributed by atoms with Gasteiger partial charge in [0.2, 0.25) is 0 Å². The van der Waals surface area contributed by atoms with Crippen LogP contribution in [0.3, 0.4) is 0 Å². The number of carbonyl (C=O) groups is 1. The highest BCUT2D eigenvalue weighted by molar-refractivity contribution is 9.10. The summed E-state index contributed by atoms with van der Waals surface area (Å²) in [5.41, 5.74) is 0.369. The summed E-state index contributed by atoms with van der Waals surface area (Å²) in [7, 11) is 0. The number of hydrogen-bond acceptors (Lipinski definition) is 2. The number of halogens is 3. The number of rotatable bonds is 2. The Morgan fingerprint density at radius 1 is 1.33 bits per heavy atom. The maximum atomic E-state index is 13.6. The van der Waals surface area contributed by atoms with Gasteiger partial charge in [-0.15, -0.1) is 0 Å². The van der Waals surface area contributed by atoms with Crippen molar-refractivity contribution in [3.05, 3.63) is 57.5 Å². The molecule has 92 valence electrons. The van der Waals surface area contributed by atoms with Crippen LogP contribution in [-0.2, 0) is 0 Å². The van der Waals surface area contributed by atoms with Crippen LogP contribution in [-0.4, -0.2) is 10.9 Å². The van der Waals surface area contributed by atoms with E-state index in [1.807, 2.05) is 0 Å². The van der Waals surface area contributed by atoms with Gasteiger partial charge in [-0.1, -0.05) is 17.7 Å². The van der Waals surface area contributed by atoms with Crippen molar-refractivity contribution in [3.8, 4) is 0 Å². The summed E-state index contributed by atoms with van der Waals surface area (Å²) in [4.78, 5) is 15.7. The molecule has 1 N–H and O–H groups in total. The molecule has 0 unspecified atom stereocenters. The first-order valence-corrected chi connectivity index (χ1v) is 6.12. The molecular formula is C12H7BrClFN2O. The molecule has 1 amide bonds. The molecule has 1 aromatic heterocycles. The van der Waals surface area contributed by atoms with Gasteiger partial charge in [-0.25, -0.2) is 9.37 Å². The Kier molecular flexibility index (Phi) is 3.93. The fourth-order valence-electron chi connectivity index (χ4n) is 1.30. The van der Waals surface area contributed by atoms with Gasteiger partial charge in [0.05, 0.1) is 16.3 Å². The lowest BCUT2D eigenvalue weighted by Crippen LogP contribution is -2.13. The lowest BCUT2D eigenvalue weighted by molar-refractivity contribution is 0.102. The molecule has 6 heteroatoms. The summed E-state index contributed by atoms with van der Waals surface area (Å²) in [6.45, 7) is 0. The zero-order chi connectivity index (χ0) is 13.1. The highest BCUT2D eigenvalue weighted by Gasteiger charge is 2.11. The van der Waals surface area contributed by atoms with Crippen LogP contribution in [0.2, 0.25) is 5.02 Å². The van der Waals surface area contributed by atoms with E-state index < -0.39 is 11.7 Å². The van der Waals surface area contributed by atoms with Crippen LogP contribution in [0.15, 0.2) is 41.1 Å². The van der Waals surface area contributed by atoms with Crippen molar-refractivity contribution < 1.29 is 9.18 Å². The number of aromatic nitrogens is 1. The molecule has 0 atom stereocenters. The van der Waals surface area contributed by atoms with Crippen molar-refractivity contribution >= 4 is 39.1 Å². The Morgan fingerprint density at radius 2 is 2.11 bits per heavy atom. The van der Waals surface area contributed by atoms with Gasteiger partial charge in [0.25, 0.3) is 5.91 Å². The quantitative estimate of drug-likeness (QED) is 0.849. The summed E-state index contributed by atoms with van der Waals surface area (Å²) >= 11 is 8.78. The molecule has 0 saturated carbocycles. The second kappa shape index (κ2) is 5.46. The number of benzene rings is 1. The maximum Gasteiger partial charge on any atom is 0.257 e. The van der Waals surface area contributed by atoms with Crippen molar-refractivity contribution in [2.45, 2.75) is 0 Å². The molecule has 2 aromatic rings. The van der Waals surface area contributed by atoms with E-state index in [0.717, 1.165) is 0 Å². The fraction of sp³-hybridized carbons (Fsp3) is 0. The van der Waals surface area contributed by atoms with E-state index in [9.17, 15) is 9.18 Å². The van der Waals surface area contributed by atoms with Crippen molar-refractivity contribution in [2.75, 3.05) is 5.32 Å². The SMILES string of the molecule is O=C(Nc1cccc(Cl)c1F)c1ccc(Br)nc1. The van der Waals surface area contributed by atoms with Crippen molar-refractivity contribution in [1.82, 2.24) is 4.98 Å². The number of nitrogens with zero attached hydrogens (tertiary/aromatic N) is 1. The lowest BCUT2D eigenvalue weighted by Gasteiger charge is -2.06. The van der Waals surface area contributed by atoms with Gasteiger partial charge >= 0.3 is 0 Å². The Balaban J connectivity index is 2.21. The van der Waals surface area contributed by atoms with Crippen LogP contribution in [0.4, 0.5) is 10.1 Å². The number of carbonyl (C=O) groups excluding carboxylic acids is 1. The summed E-state index contributed by atoms with van der Waals surface area (Å²) in [5.74, 6) is -1.10. The van der Waals surface area contributed by atoms with Gasteiger partial charge in [0.1, 0.15) is 4.60 Å². The fourth-order valence-corrected chi connectivity index (χ4v) is 1.71. The number of nitrogens with one attached hydrogen (secondary N) is 1. The Hall–Kier alpha value is -1.46. The molecule has 0 aliphatic carbocycles. The normalized spacial score (nSPS) is 10.2. The predicted molar refractivity (Wildman–Crippen MR) is 71.3 cm³/mol. The van der Waals surface area contributed by atoms with Crippen LogP contribution in [0.1, 0.15) is 10.4 Å². The molecule has 0 bridgehead atoms. The molecule has 0 aliphatic rings. The molecular weight excluding hydrogens is 322 g/mol. The molecule has 1 heterocycles. The highest BCUT2D eigenvalue weighted by atomic mass is 79.9. The first kappa shape index (κ1) is 13.0. The van der Waals surface area contributed by atoms with Gasteiger partial charge < -0.3 is 5.32 Å². The second-order valence-corrected chi connectivity index (χ2v) is 4.64. The first-order chi connectivity index (χ1) is 8.58. The molecule has 1 aromatic carbocycles. The summed E-state index contributed by atoms with van der Waals surface area (Å²) in [6.07, 6.45) is 1.39. The number of anilines is 1. The van der Waals surface area contributed by atoms with E-state index in [1.54, 1.807) is 18.2 Å². The van der Waals surface area contributed by atoms with E-state index in [0.29, 0.717) is 10.2 Å². The van der Waals surface area contributed by atoms with Crippen molar-refractivity contribution in [1.29, 1.82) is 0 Å². The number of hydrogen-bond donors (Lipinski definition) is 1. The Bertz CT molecular complexity index is 589. The number of pyridine rings is 1. The zero-order valence-electron chi connectivity index (χ0n) is 8.95. The third-order valence-electron chi connectivity index (χ3n) is 2.19. The molecule has 18 heavy (non-hydrogen) atoms. The van der Waals surface area contributed by atoms with Gasteiger partial charge in [0.15, 0.2) is 5.82 Å².